The monoisotopic (exact) mass is 216 g/mol. The van der Waals surface area contributed by atoms with Gasteiger partial charge in [-0.05, 0) is 5.56 Å². The summed E-state index contributed by atoms with van der Waals surface area (Å²) in [6.07, 6.45) is -0.407. The van der Waals surface area contributed by atoms with Crippen molar-refractivity contribution in [2.45, 2.75) is 19.1 Å². The molecule has 1 amide bonds. The van der Waals surface area contributed by atoms with Crippen molar-refractivity contribution in [3.63, 3.8) is 0 Å². The summed E-state index contributed by atoms with van der Waals surface area (Å²) >= 11 is 0. The van der Waals surface area contributed by atoms with E-state index in [0.717, 1.165) is 5.56 Å². The van der Waals surface area contributed by atoms with Crippen LogP contribution in [0, 0.1) is 11.3 Å². The van der Waals surface area contributed by atoms with Crippen molar-refractivity contribution in [1.82, 2.24) is 4.90 Å². The molecule has 1 heterocycles. The van der Waals surface area contributed by atoms with Gasteiger partial charge in [-0.1, -0.05) is 30.3 Å². The quantitative estimate of drug-likeness (QED) is 0.758. The van der Waals surface area contributed by atoms with Crippen LogP contribution < -0.4 is 0 Å². The molecule has 82 valence electrons. The molecule has 4 nitrogen and oxygen atoms in total. The summed E-state index contributed by atoms with van der Waals surface area (Å²) in [7, 11) is 0. The smallest absolute Gasteiger partial charge is 0.411 e. The first-order chi connectivity index (χ1) is 7.79. The Balaban J connectivity index is 1.98. The summed E-state index contributed by atoms with van der Waals surface area (Å²) < 4.78 is 4.95. The summed E-state index contributed by atoms with van der Waals surface area (Å²) in [6, 6.07) is 11.7. The van der Waals surface area contributed by atoms with Crippen LogP contribution in [0.1, 0.15) is 12.0 Å². The van der Waals surface area contributed by atoms with Crippen molar-refractivity contribution in [2.75, 3.05) is 6.54 Å². The number of hydrogen-bond acceptors (Lipinski definition) is 3. The summed E-state index contributed by atoms with van der Waals surface area (Å²) in [5, 5.41) is 8.64. The van der Waals surface area contributed by atoms with Gasteiger partial charge in [-0.3, -0.25) is 0 Å². The van der Waals surface area contributed by atoms with Crippen molar-refractivity contribution in [3.8, 4) is 6.07 Å². The second-order valence-corrected chi connectivity index (χ2v) is 3.70. The lowest BCUT2D eigenvalue weighted by Gasteiger charge is -2.28. The van der Waals surface area contributed by atoms with Gasteiger partial charge in [-0.15, -0.1) is 0 Å². The van der Waals surface area contributed by atoms with E-state index < -0.39 is 12.2 Å². The van der Waals surface area contributed by atoms with E-state index in [2.05, 4.69) is 0 Å². The zero-order valence-corrected chi connectivity index (χ0v) is 8.80. The number of carbonyl (C=O) groups is 1. The number of benzene rings is 1. The molecule has 16 heavy (non-hydrogen) atoms. The third kappa shape index (κ3) is 2.31. The average molecular weight is 216 g/mol. The van der Waals surface area contributed by atoms with Gasteiger partial charge in [0.15, 0.2) is 6.10 Å². The van der Waals surface area contributed by atoms with E-state index in [9.17, 15) is 4.79 Å². The van der Waals surface area contributed by atoms with Crippen LogP contribution in [0.5, 0.6) is 0 Å². The Bertz CT molecular complexity index is 411. The molecule has 0 saturated carbocycles. The Labute approximate surface area is 94.0 Å². The third-order valence-corrected chi connectivity index (χ3v) is 2.52. The van der Waals surface area contributed by atoms with Gasteiger partial charge in [-0.25, -0.2) is 4.79 Å². The highest BCUT2D eigenvalue weighted by atomic mass is 16.6. The van der Waals surface area contributed by atoms with Crippen LogP contribution in [0.4, 0.5) is 4.79 Å². The van der Waals surface area contributed by atoms with E-state index in [1.807, 2.05) is 36.4 Å². The number of nitrogens with zero attached hydrogens (tertiary/aromatic N) is 2. The van der Waals surface area contributed by atoms with Gasteiger partial charge < -0.3 is 9.64 Å². The predicted octanol–water partition coefficient (Wildman–Crippen LogP) is 1.92. The standard InChI is InChI=1S/C12H12N2O2/c13-8-11-6-7-14(12(15)16-11)9-10-4-2-1-3-5-10/h1-5,11H,6-7,9H2. The molecule has 1 aromatic carbocycles. The van der Waals surface area contributed by atoms with Crippen LogP contribution in [0.3, 0.4) is 0 Å². The molecule has 1 unspecified atom stereocenters. The number of nitriles is 1. The molecule has 0 radical (unpaired) electrons. The van der Waals surface area contributed by atoms with Crippen LogP contribution in [0.25, 0.3) is 0 Å². The first-order valence-corrected chi connectivity index (χ1v) is 5.18. The van der Waals surface area contributed by atoms with E-state index >= 15 is 0 Å². The minimum absolute atomic E-state index is 0.401. The van der Waals surface area contributed by atoms with Crippen LogP contribution in [0.15, 0.2) is 30.3 Å². The zero-order chi connectivity index (χ0) is 11.4. The SMILES string of the molecule is N#CC1CCN(Cc2ccccc2)C(=O)O1. The number of hydrogen-bond donors (Lipinski definition) is 0. The van der Waals surface area contributed by atoms with Crippen molar-refractivity contribution in [1.29, 1.82) is 5.26 Å². The molecule has 1 aromatic rings. The lowest BCUT2D eigenvalue weighted by molar-refractivity contribution is 0.0448. The fourth-order valence-electron chi connectivity index (χ4n) is 1.66. The van der Waals surface area contributed by atoms with Gasteiger partial charge in [0, 0.05) is 19.5 Å². The number of amides is 1. The normalized spacial score (nSPS) is 20.1. The largest absolute Gasteiger partial charge is 0.431 e. The number of carbonyl (C=O) groups excluding carboxylic acids is 1. The molecule has 1 saturated heterocycles. The maximum Gasteiger partial charge on any atom is 0.411 e. The first-order valence-electron chi connectivity index (χ1n) is 5.18. The van der Waals surface area contributed by atoms with Gasteiger partial charge >= 0.3 is 6.09 Å². The zero-order valence-electron chi connectivity index (χ0n) is 8.80. The molecule has 0 N–H and O–H groups in total. The molecular weight excluding hydrogens is 204 g/mol. The lowest BCUT2D eigenvalue weighted by Crippen LogP contribution is -2.40. The number of cyclic esters (lactones) is 1. The van der Waals surface area contributed by atoms with Crippen molar-refractivity contribution >= 4 is 6.09 Å². The lowest BCUT2D eigenvalue weighted by atomic mass is 10.2. The molecule has 0 aromatic heterocycles. The Morgan fingerprint density at radius 3 is 2.81 bits per heavy atom. The number of ether oxygens (including phenoxy) is 1. The van der Waals surface area contributed by atoms with Gasteiger partial charge in [0.05, 0.1) is 0 Å². The summed E-state index contributed by atoms with van der Waals surface area (Å²) in [4.78, 5) is 13.1. The van der Waals surface area contributed by atoms with Crippen LogP contribution in [-0.4, -0.2) is 23.6 Å². The van der Waals surface area contributed by atoms with Gasteiger partial charge in [0.25, 0.3) is 0 Å². The second-order valence-electron chi connectivity index (χ2n) is 3.70. The molecule has 1 fully saturated rings. The van der Waals surface area contributed by atoms with E-state index in [0.29, 0.717) is 19.5 Å². The predicted molar refractivity (Wildman–Crippen MR) is 57.4 cm³/mol. The highest BCUT2D eigenvalue weighted by molar-refractivity contribution is 5.68. The summed E-state index contributed by atoms with van der Waals surface area (Å²) in [6.45, 7) is 1.11. The van der Waals surface area contributed by atoms with Gasteiger partial charge in [0.1, 0.15) is 6.07 Å². The maximum absolute atomic E-state index is 11.5. The molecule has 4 heteroatoms. The van der Waals surface area contributed by atoms with Crippen molar-refractivity contribution in [3.05, 3.63) is 35.9 Å². The van der Waals surface area contributed by atoms with Crippen molar-refractivity contribution in [2.24, 2.45) is 0 Å². The molecule has 0 spiro atoms. The molecule has 1 aliphatic heterocycles. The Morgan fingerprint density at radius 2 is 2.19 bits per heavy atom. The minimum atomic E-state index is -0.584. The molecular formula is C12H12N2O2. The van der Waals surface area contributed by atoms with E-state index in [1.165, 1.54) is 0 Å². The van der Waals surface area contributed by atoms with E-state index in [1.54, 1.807) is 4.90 Å². The maximum atomic E-state index is 11.5. The van der Waals surface area contributed by atoms with Crippen LogP contribution >= 0.6 is 0 Å². The third-order valence-electron chi connectivity index (χ3n) is 2.52. The Morgan fingerprint density at radius 1 is 1.44 bits per heavy atom. The minimum Gasteiger partial charge on any atom is -0.431 e. The van der Waals surface area contributed by atoms with Gasteiger partial charge in [-0.2, -0.15) is 5.26 Å². The van der Waals surface area contributed by atoms with E-state index in [4.69, 9.17) is 10.00 Å². The van der Waals surface area contributed by atoms with Crippen LogP contribution in [-0.2, 0) is 11.3 Å². The highest BCUT2D eigenvalue weighted by Crippen LogP contribution is 2.14. The average Bonchev–Trinajstić information content (AvgIpc) is 2.33. The van der Waals surface area contributed by atoms with E-state index in [-0.39, 0.29) is 0 Å². The summed E-state index contributed by atoms with van der Waals surface area (Å²) in [5.41, 5.74) is 1.06. The fraction of sp³-hybridized carbons (Fsp3) is 0.333. The second kappa shape index (κ2) is 4.67. The van der Waals surface area contributed by atoms with Crippen molar-refractivity contribution < 1.29 is 9.53 Å². The fourth-order valence-corrected chi connectivity index (χ4v) is 1.66. The number of rotatable bonds is 2. The Hall–Kier alpha value is -2.02. The summed E-state index contributed by atoms with van der Waals surface area (Å²) in [5.74, 6) is 0. The molecule has 0 aliphatic carbocycles. The molecule has 1 atom stereocenters. The van der Waals surface area contributed by atoms with Gasteiger partial charge in [0.2, 0.25) is 0 Å². The highest BCUT2D eigenvalue weighted by Gasteiger charge is 2.26. The topological polar surface area (TPSA) is 53.3 Å². The van der Waals surface area contributed by atoms with Crippen LogP contribution in [0.2, 0.25) is 0 Å². The Kier molecular flexibility index (Phi) is 3.06. The molecule has 1 aliphatic rings. The first kappa shape index (κ1) is 10.5. The molecule has 0 bridgehead atoms. The molecule has 2 rings (SSSR count).